The van der Waals surface area contributed by atoms with Crippen LogP contribution in [0, 0.1) is 0 Å². The molecule has 0 saturated carbocycles. The molecule has 6 nitrogen and oxygen atoms in total. The van der Waals surface area contributed by atoms with Crippen LogP contribution in [0.5, 0.6) is 0 Å². The van der Waals surface area contributed by atoms with Gasteiger partial charge in [0.2, 0.25) is 11.6 Å². The zero-order valence-electron chi connectivity index (χ0n) is 10.8. The zero-order valence-corrected chi connectivity index (χ0v) is 11.5. The van der Waals surface area contributed by atoms with Crippen LogP contribution in [-0.4, -0.2) is 27.5 Å². The second-order valence-electron chi connectivity index (χ2n) is 4.76. The van der Waals surface area contributed by atoms with Gasteiger partial charge in [0.15, 0.2) is 5.82 Å². The maximum Gasteiger partial charge on any atom is 0.259 e. The van der Waals surface area contributed by atoms with E-state index in [1.165, 1.54) is 12.7 Å². The molecule has 2 aromatic rings. The maximum atomic E-state index is 12.6. The third-order valence-electron chi connectivity index (χ3n) is 3.54. The van der Waals surface area contributed by atoms with Crippen molar-refractivity contribution < 1.29 is 13.7 Å². The smallest absolute Gasteiger partial charge is 0.259 e. The first kappa shape index (κ1) is 13.2. The van der Waals surface area contributed by atoms with Crippen molar-refractivity contribution >= 4 is 17.5 Å². The molecule has 1 atom stereocenters. The highest BCUT2D eigenvalue weighted by molar-refractivity contribution is 6.32. The van der Waals surface area contributed by atoms with E-state index in [4.69, 9.17) is 20.5 Å². The van der Waals surface area contributed by atoms with Gasteiger partial charge in [0.05, 0.1) is 17.9 Å². The summed E-state index contributed by atoms with van der Waals surface area (Å²) < 4.78 is 9.81. The third-order valence-corrected chi connectivity index (χ3v) is 3.83. The van der Waals surface area contributed by atoms with Crippen molar-refractivity contribution in [1.29, 1.82) is 0 Å². The number of halogens is 1. The van der Waals surface area contributed by atoms with E-state index in [2.05, 4.69) is 10.1 Å². The van der Waals surface area contributed by atoms with Crippen molar-refractivity contribution in [3.63, 3.8) is 0 Å². The molecule has 1 unspecified atom stereocenters. The topological polar surface area (TPSA) is 72.4 Å². The summed E-state index contributed by atoms with van der Waals surface area (Å²) in [6, 6.07) is 1.41. The summed E-state index contributed by atoms with van der Waals surface area (Å²) in [5, 5.41) is 4.00. The van der Waals surface area contributed by atoms with Gasteiger partial charge in [0.1, 0.15) is 0 Å². The minimum Gasteiger partial charge on any atom is -0.452 e. The Bertz CT molecular complexity index is 581. The monoisotopic (exact) mass is 295 g/mol. The number of likely N-dealkylation sites (tertiary alicyclic amines) is 1. The molecule has 106 valence electrons. The molecule has 1 fully saturated rings. The molecule has 0 radical (unpaired) electrons. The van der Waals surface area contributed by atoms with Gasteiger partial charge >= 0.3 is 0 Å². The molecule has 3 heterocycles. The molecule has 1 saturated heterocycles. The first-order valence-electron chi connectivity index (χ1n) is 6.57. The predicted molar refractivity (Wildman–Crippen MR) is 70.3 cm³/mol. The van der Waals surface area contributed by atoms with Crippen LogP contribution in [0.15, 0.2) is 27.7 Å². The summed E-state index contributed by atoms with van der Waals surface area (Å²) in [6.45, 7) is 0.652. The van der Waals surface area contributed by atoms with Crippen LogP contribution in [0.25, 0.3) is 0 Å². The SMILES string of the molecule is O=C(c1ccoc1Cl)N1CCCCCC1c1ncon1. The van der Waals surface area contributed by atoms with Crippen molar-refractivity contribution in [3.8, 4) is 0 Å². The number of carbonyl (C=O) groups is 1. The van der Waals surface area contributed by atoms with Gasteiger partial charge in [0.25, 0.3) is 5.91 Å². The van der Waals surface area contributed by atoms with Gasteiger partial charge < -0.3 is 13.8 Å². The molecule has 7 heteroatoms. The maximum absolute atomic E-state index is 12.6. The minimum absolute atomic E-state index is 0.117. The van der Waals surface area contributed by atoms with Crippen LogP contribution >= 0.6 is 11.6 Å². The van der Waals surface area contributed by atoms with Gasteiger partial charge in [-0.2, -0.15) is 4.98 Å². The number of nitrogens with zero attached hydrogens (tertiary/aromatic N) is 3. The lowest BCUT2D eigenvalue weighted by Crippen LogP contribution is -2.35. The van der Waals surface area contributed by atoms with Crippen molar-refractivity contribution in [2.24, 2.45) is 0 Å². The summed E-state index contributed by atoms with van der Waals surface area (Å²) in [6.07, 6.45) is 6.58. The number of rotatable bonds is 2. The van der Waals surface area contributed by atoms with E-state index >= 15 is 0 Å². The Kier molecular flexibility index (Phi) is 3.73. The number of amides is 1. The van der Waals surface area contributed by atoms with Gasteiger partial charge in [-0.25, -0.2) is 0 Å². The average Bonchev–Trinajstić information content (AvgIpc) is 3.05. The standard InChI is InChI=1S/C13H14ClN3O3/c14-11-9(5-7-19-11)13(18)17-6-3-1-2-4-10(17)12-15-8-20-16-12/h5,7-8,10H,1-4,6H2. The highest BCUT2D eigenvalue weighted by Crippen LogP contribution is 2.31. The van der Waals surface area contributed by atoms with Crippen molar-refractivity contribution in [3.05, 3.63) is 35.3 Å². The van der Waals surface area contributed by atoms with E-state index in [0.29, 0.717) is 17.9 Å². The van der Waals surface area contributed by atoms with E-state index in [0.717, 1.165) is 25.7 Å². The first-order valence-corrected chi connectivity index (χ1v) is 6.95. The predicted octanol–water partition coefficient (Wildman–Crippen LogP) is 3.07. The normalized spacial score (nSPS) is 19.9. The zero-order chi connectivity index (χ0) is 13.9. The minimum atomic E-state index is -0.172. The summed E-state index contributed by atoms with van der Waals surface area (Å²) in [5.41, 5.74) is 0.377. The molecule has 20 heavy (non-hydrogen) atoms. The summed E-state index contributed by atoms with van der Waals surface area (Å²) in [5.74, 6) is 0.389. The average molecular weight is 296 g/mol. The molecule has 2 aromatic heterocycles. The van der Waals surface area contributed by atoms with Gasteiger partial charge in [0, 0.05) is 6.54 Å². The van der Waals surface area contributed by atoms with Gasteiger partial charge in [-0.15, -0.1) is 0 Å². The lowest BCUT2D eigenvalue weighted by Gasteiger charge is -2.27. The largest absolute Gasteiger partial charge is 0.452 e. The molecule has 0 aromatic carbocycles. The highest BCUT2D eigenvalue weighted by Gasteiger charge is 2.31. The Balaban J connectivity index is 1.91. The Morgan fingerprint density at radius 1 is 1.40 bits per heavy atom. The van der Waals surface area contributed by atoms with Crippen molar-refractivity contribution in [2.45, 2.75) is 31.7 Å². The second-order valence-corrected chi connectivity index (χ2v) is 5.10. The van der Waals surface area contributed by atoms with Crippen LogP contribution in [0.1, 0.15) is 47.9 Å². The fourth-order valence-corrected chi connectivity index (χ4v) is 2.74. The molecule has 0 spiro atoms. The number of furan rings is 1. The molecule has 3 rings (SSSR count). The van der Waals surface area contributed by atoms with Gasteiger partial charge in [-0.05, 0) is 30.5 Å². The van der Waals surface area contributed by atoms with Gasteiger partial charge in [-0.3, -0.25) is 4.79 Å². The Hall–Kier alpha value is -1.82. The molecular weight excluding hydrogens is 282 g/mol. The first-order chi connectivity index (χ1) is 9.77. The molecule has 1 aliphatic rings. The van der Waals surface area contributed by atoms with E-state index in [1.807, 2.05) is 0 Å². The van der Waals surface area contributed by atoms with Crippen molar-refractivity contribution in [2.75, 3.05) is 6.54 Å². The van der Waals surface area contributed by atoms with Crippen LogP contribution in [0.3, 0.4) is 0 Å². The van der Waals surface area contributed by atoms with E-state index < -0.39 is 0 Å². The fraction of sp³-hybridized carbons (Fsp3) is 0.462. The number of hydrogen-bond donors (Lipinski definition) is 0. The fourth-order valence-electron chi connectivity index (χ4n) is 2.55. The molecule has 0 bridgehead atoms. The molecule has 1 aliphatic heterocycles. The Labute approximate surface area is 120 Å². The van der Waals surface area contributed by atoms with Crippen LogP contribution in [0.4, 0.5) is 0 Å². The number of hydrogen-bond acceptors (Lipinski definition) is 5. The van der Waals surface area contributed by atoms with E-state index in [9.17, 15) is 4.79 Å². The molecule has 0 aliphatic carbocycles. The lowest BCUT2D eigenvalue weighted by atomic mass is 10.1. The number of carbonyl (C=O) groups excluding carboxylic acids is 1. The Morgan fingerprint density at radius 2 is 2.30 bits per heavy atom. The molecule has 0 N–H and O–H groups in total. The van der Waals surface area contributed by atoms with Crippen LogP contribution in [0.2, 0.25) is 5.22 Å². The molecule has 1 amide bonds. The lowest BCUT2D eigenvalue weighted by molar-refractivity contribution is 0.0670. The molecular formula is C13H14ClN3O3. The highest BCUT2D eigenvalue weighted by atomic mass is 35.5. The van der Waals surface area contributed by atoms with Gasteiger partial charge in [-0.1, -0.05) is 18.0 Å². The van der Waals surface area contributed by atoms with Crippen LogP contribution < -0.4 is 0 Å². The van der Waals surface area contributed by atoms with E-state index in [-0.39, 0.29) is 17.2 Å². The van der Waals surface area contributed by atoms with E-state index in [1.54, 1.807) is 11.0 Å². The van der Waals surface area contributed by atoms with Crippen LogP contribution in [-0.2, 0) is 0 Å². The summed E-state index contributed by atoms with van der Waals surface area (Å²) in [4.78, 5) is 18.5. The summed E-state index contributed by atoms with van der Waals surface area (Å²) >= 11 is 5.90. The van der Waals surface area contributed by atoms with Crippen molar-refractivity contribution in [1.82, 2.24) is 15.0 Å². The quantitative estimate of drug-likeness (QED) is 0.851. The Morgan fingerprint density at radius 3 is 3.00 bits per heavy atom. The number of aromatic nitrogens is 2. The summed E-state index contributed by atoms with van der Waals surface area (Å²) in [7, 11) is 0. The third kappa shape index (κ3) is 2.43. The second kappa shape index (κ2) is 5.66.